The highest BCUT2D eigenvalue weighted by Crippen LogP contribution is 2.18. The average Bonchev–Trinajstić information content (AvgIpc) is 2.78. The lowest BCUT2D eigenvalue weighted by atomic mass is 10.1. The third-order valence-electron chi connectivity index (χ3n) is 4.46. The van der Waals surface area contributed by atoms with Crippen molar-refractivity contribution in [1.82, 2.24) is 10.2 Å². The maximum atomic E-state index is 12.6. The Morgan fingerprint density at radius 3 is 2.67 bits per heavy atom. The van der Waals surface area contributed by atoms with E-state index in [1.54, 1.807) is 42.4 Å². The number of thiocarbonyl (C=S) groups is 1. The van der Waals surface area contributed by atoms with Gasteiger partial charge in [0.25, 0.3) is 5.91 Å². The number of morpholine rings is 1. The summed E-state index contributed by atoms with van der Waals surface area (Å²) in [6.07, 6.45) is 3.03. The van der Waals surface area contributed by atoms with Crippen LogP contribution in [-0.4, -0.2) is 55.2 Å². The molecule has 8 heteroatoms. The molecule has 2 aromatic carbocycles. The van der Waals surface area contributed by atoms with E-state index in [2.05, 4.69) is 10.6 Å². The summed E-state index contributed by atoms with van der Waals surface area (Å²) in [5.41, 5.74) is 1.95. The van der Waals surface area contributed by atoms with Gasteiger partial charge in [0.1, 0.15) is 5.75 Å². The van der Waals surface area contributed by atoms with Crippen LogP contribution < -0.4 is 15.4 Å². The van der Waals surface area contributed by atoms with Gasteiger partial charge < -0.3 is 19.7 Å². The van der Waals surface area contributed by atoms with Crippen LogP contribution in [0.1, 0.15) is 15.9 Å². The quantitative estimate of drug-likeness (QED) is 0.566. The first-order chi connectivity index (χ1) is 14.6. The number of hydrogen-bond acceptors (Lipinski definition) is 5. The summed E-state index contributed by atoms with van der Waals surface area (Å²) in [5, 5.41) is 5.67. The first kappa shape index (κ1) is 21.5. The summed E-state index contributed by atoms with van der Waals surface area (Å²) in [7, 11) is 1.57. The molecule has 0 unspecified atom stereocenters. The number of benzene rings is 2. The molecule has 2 amide bonds. The second kappa shape index (κ2) is 10.5. The fraction of sp³-hybridized carbons (Fsp3) is 0.227. The fourth-order valence-corrected chi connectivity index (χ4v) is 3.18. The van der Waals surface area contributed by atoms with E-state index in [9.17, 15) is 9.59 Å². The van der Waals surface area contributed by atoms with Gasteiger partial charge in [-0.25, -0.2) is 0 Å². The molecule has 1 saturated heterocycles. The molecule has 0 bridgehead atoms. The molecule has 1 fully saturated rings. The molecule has 0 aliphatic carbocycles. The number of rotatable bonds is 5. The van der Waals surface area contributed by atoms with Gasteiger partial charge in [-0.05, 0) is 42.6 Å². The predicted octanol–water partition coefficient (Wildman–Crippen LogP) is 2.69. The maximum Gasteiger partial charge on any atom is 0.254 e. The molecule has 2 aromatic rings. The van der Waals surface area contributed by atoms with Crippen molar-refractivity contribution in [3.05, 3.63) is 65.7 Å². The van der Waals surface area contributed by atoms with E-state index >= 15 is 0 Å². The Bertz CT molecular complexity index is 955. The fourth-order valence-electron chi connectivity index (χ4n) is 2.96. The van der Waals surface area contributed by atoms with Crippen LogP contribution in [0.15, 0.2) is 54.6 Å². The van der Waals surface area contributed by atoms with Crippen molar-refractivity contribution in [3.8, 4) is 5.75 Å². The van der Waals surface area contributed by atoms with E-state index in [4.69, 9.17) is 21.7 Å². The number of carbonyl (C=O) groups is 2. The first-order valence-corrected chi connectivity index (χ1v) is 9.88. The van der Waals surface area contributed by atoms with Gasteiger partial charge in [0.15, 0.2) is 5.11 Å². The number of para-hydroxylation sites is 1. The van der Waals surface area contributed by atoms with Crippen LogP contribution >= 0.6 is 12.2 Å². The number of anilines is 1. The molecule has 0 atom stereocenters. The smallest absolute Gasteiger partial charge is 0.254 e. The Morgan fingerprint density at radius 1 is 1.13 bits per heavy atom. The zero-order valence-electron chi connectivity index (χ0n) is 16.6. The molecular formula is C22H23N3O4S. The number of amides is 2. The SMILES string of the molecule is COc1ccccc1/C=C/C(=O)NC(=S)Nc1cccc(C(=O)N2CCOCC2)c1. The second-order valence-corrected chi connectivity index (χ2v) is 6.91. The summed E-state index contributed by atoms with van der Waals surface area (Å²) in [4.78, 5) is 26.5. The zero-order valence-corrected chi connectivity index (χ0v) is 17.4. The lowest BCUT2D eigenvalue weighted by Crippen LogP contribution is -2.40. The van der Waals surface area contributed by atoms with Crippen LogP contribution in [0.2, 0.25) is 0 Å². The van der Waals surface area contributed by atoms with Gasteiger partial charge in [-0.3, -0.25) is 14.9 Å². The van der Waals surface area contributed by atoms with E-state index in [1.807, 2.05) is 24.3 Å². The first-order valence-electron chi connectivity index (χ1n) is 9.47. The summed E-state index contributed by atoms with van der Waals surface area (Å²) in [6.45, 7) is 2.23. The van der Waals surface area contributed by atoms with Gasteiger partial charge in [0, 0.05) is 36.0 Å². The average molecular weight is 426 g/mol. The van der Waals surface area contributed by atoms with Gasteiger partial charge in [0.05, 0.1) is 20.3 Å². The van der Waals surface area contributed by atoms with E-state index < -0.39 is 0 Å². The van der Waals surface area contributed by atoms with Gasteiger partial charge >= 0.3 is 0 Å². The van der Waals surface area contributed by atoms with Crippen LogP contribution in [0, 0.1) is 0 Å². The van der Waals surface area contributed by atoms with Gasteiger partial charge in [-0.2, -0.15) is 0 Å². The van der Waals surface area contributed by atoms with E-state index in [0.717, 1.165) is 5.56 Å². The topological polar surface area (TPSA) is 79.9 Å². The van der Waals surface area contributed by atoms with Crippen LogP contribution in [0.3, 0.4) is 0 Å². The maximum absolute atomic E-state index is 12.6. The molecule has 0 spiro atoms. The normalized spacial score (nSPS) is 13.7. The Kier molecular flexibility index (Phi) is 7.53. The molecule has 1 aliphatic heterocycles. The van der Waals surface area contributed by atoms with Crippen molar-refractivity contribution in [3.63, 3.8) is 0 Å². The molecular weight excluding hydrogens is 402 g/mol. The van der Waals surface area contributed by atoms with E-state index in [0.29, 0.717) is 43.3 Å². The van der Waals surface area contributed by atoms with E-state index in [1.165, 1.54) is 6.08 Å². The van der Waals surface area contributed by atoms with Crippen LogP contribution in [-0.2, 0) is 9.53 Å². The third kappa shape index (κ3) is 5.88. The minimum Gasteiger partial charge on any atom is -0.496 e. The number of ether oxygens (including phenoxy) is 2. The zero-order chi connectivity index (χ0) is 21.3. The molecule has 0 aromatic heterocycles. The molecule has 1 heterocycles. The summed E-state index contributed by atoms with van der Waals surface area (Å²) < 4.78 is 10.5. The van der Waals surface area contributed by atoms with Crippen LogP contribution in [0.5, 0.6) is 5.75 Å². The molecule has 1 aliphatic rings. The summed E-state index contributed by atoms with van der Waals surface area (Å²) >= 11 is 5.21. The van der Waals surface area contributed by atoms with Crippen LogP contribution in [0.25, 0.3) is 6.08 Å². The van der Waals surface area contributed by atoms with E-state index in [-0.39, 0.29) is 16.9 Å². The minimum absolute atomic E-state index is 0.0587. The number of nitrogens with zero attached hydrogens (tertiary/aromatic N) is 1. The molecule has 2 N–H and O–H groups in total. The molecule has 0 saturated carbocycles. The monoisotopic (exact) mass is 425 g/mol. The Balaban J connectivity index is 1.57. The lowest BCUT2D eigenvalue weighted by molar-refractivity contribution is -0.115. The molecule has 30 heavy (non-hydrogen) atoms. The third-order valence-corrected chi connectivity index (χ3v) is 4.66. The van der Waals surface area contributed by atoms with Crippen molar-refractivity contribution in [2.75, 3.05) is 38.7 Å². The van der Waals surface area contributed by atoms with Gasteiger partial charge in [-0.15, -0.1) is 0 Å². The Hall–Kier alpha value is -3.23. The van der Waals surface area contributed by atoms with Crippen molar-refractivity contribution in [2.45, 2.75) is 0 Å². The van der Waals surface area contributed by atoms with Crippen LogP contribution in [0.4, 0.5) is 5.69 Å². The number of nitrogens with one attached hydrogen (secondary N) is 2. The Morgan fingerprint density at radius 2 is 1.90 bits per heavy atom. The minimum atomic E-state index is -0.376. The number of methoxy groups -OCH3 is 1. The molecule has 0 radical (unpaired) electrons. The Labute approximate surface area is 180 Å². The highest BCUT2D eigenvalue weighted by Gasteiger charge is 2.18. The standard InChI is InChI=1S/C22H23N3O4S/c1-28-19-8-3-2-5-16(19)9-10-20(26)24-22(30)23-18-7-4-6-17(15-18)21(27)25-11-13-29-14-12-25/h2-10,15H,11-14H2,1H3,(H2,23,24,26,30)/b10-9+. The summed E-state index contributed by atoms with van der Waals surface area (Å²) in [5.74, 6) is 0.236. The molecule has 156 valence electrons. The number of hydrogen-bond donors (Lipinski definition) is 2. The lowest BCUT2D eigenvalue weighted by Gasteiger charge is -2.27. The predicted molar refractivity (Wildman–Crippen MR) is 120 cm³/mol. The van der Waals surface area contributed by atoms with Crippen molar-refractivity contribution in [2.24, 2.45) is 0 Å². The van der Waals surface area contributed by atoms with Gasteiger partial charge in [0.2, 0.25) is 5.91 Å². The number of carbonyl (C=O) groups excluding carboxylic acids is 2. The van der Waals surface area contributed by atoms with Crippen molar-refractivity contribution < 1.29 is 19.1 Å². The van der Waals surface area contributed by atoms with Gasteiger partial charge in [-0.1, -0.05) is 24.3 Å². The van der Waals surface area contributed by atoms with Crippen molar-refractivity contribution >= 4 is 40.9 Å². The summed E-state index contributed by atoms with van der Waals surface area (Å²) in [6, 6.07) is 14.4. The largest absolute Gasteiger partial charge is 0.496 e. The van der Waals surface area contributed by atoms with Crippen molar-refractivity contribution in [1.29, 1.82) is 0 Å². The second-order valence-electron chi connectivity index (χ2n) is 6.50. The molecule has 7 nitrogen and oxygen atoms in total. The highest BCUT2D eigenvalue weighted by molar-refractivity contribution is 7.80. The highest BCUT2D eigenvalue weighted by atomic mass is 32.1. The molecule has 3 rings (SSSR count).